The van der Waals surface area contributed by atoms with Gasteiger partial charge in [-0.1, -0.05) is 28.9 Å². The highest BCUT2D eigenvalue weighted by atomic mass is 79.9. The van der Waals surface area contributed by atoms with Crippen LogP contribution in [0.15, 0.2) is 38.6 Å². The smallest absolute Gasteiger partial charge is 0.127 e. The van der Waals surface area contributed by atoms with Crippen LogP contribution in [0.1, 0.15) is 23.4 Å². The molecule has 1 atom stereocenters. The fourth-order valence-electron chi connectivity index (χ4n) is 1.94. The molecule has 0 saturated carbocycles. The normalized spacial score (nSPS) is 12.6. The highest BCUT2D eigenvalue weighted by Gasteiger charge is 2.15. The Kier molecular flexibility index (Phi) is 5.57. The van der Waals surface area contributed by atoms with Gasteiger partial charge in [-0.25, -0.2) is 4.39 Å². The molecule has 0 aliphatic heterocycles. The van der Waals surface area contributed by atoms with Crippen molar-refractivity contribution in [2.75, 3.05) is 6.54 Å². The van der Waals surface area contributed by atoms with E-state index in [0.29, 0.717) is 6.42 Å². The van der Waals surface area contributed by atoms with Gasteiger partial charge in [0.1, 0.15) is 5.82 Å². The molecule has 1 nitrogen and oxygen atoms in total. The van der Waals surface area contributed by atoms with Gasteiger partial charge in [0.2, 0.25) is 0 Å². The highest BCUT2D eigenvalue weighted by molar-refractivity contribution is 9.10. The lowest BCUT2D eigenvalue weighted by Gasteiger charge is -2.17. The Morgan fingerprint density at radius 1 is 1.26 bits per heavy atom. The van der Waals surface area contributed by atoms with Crippen LogP contribution < -0.4 is 5.32 Å². The summed E-state index contributed by atoms with van der Waals surface area (Å²) < 4.78 is 15.8. The minimum Gasteiger partial charge on any atom is -0.309 e. The maximum absolute atomic E-state index is 13.9. The van der Waals surface area contributed by atoms with Gasteiger partial charge in [0.05, 0.1) is 0 Å². The Labute approximate surface area is 133 Å². The predicted molar refractivity (Wildman–Crippen MR) is 86.2 cm³/mol. The Morgan fingerprint density at radius 3 is 2.63 bits per heavy atom. The molecule has 0 spiro atoms. The average Bonchev–Trinajstić information content (AvgIpc) is 2.78. The molecule has 0 bridgehead atoms. The van der Waals surface area contributed by atoms with E-state index in [1.807, 2.05) is 12.1 Å². The number of nitrogens with one attached hydrogen (secondary N) is 1. The molecule has 0 amide bonds. The zero-order chi connectivity index (χ0) is 13.8. The Hall–Kier alpha value is -0.230. The van der Waals surface area contributed by atoms with Gasteiger partial charge >= 0.3 is 0 Å². The fourth-order valence-corrected chi connectivity index (χ4v) is 3.79. The molecule has 0 aliphatic carbocycles. The summed E-state index contributed by atoms with van der Waals surface area (Å²) in [6.45, 7) is 2.92. The van der Waals surface area contributed by atoms with Crippen molar-refractivity contribution >= 4 is 43.2 Å². The summed E-state index contributed by atoms with van der Waals surface area (Å²) in [5.41, 5.74) is 0.735. The van der Waals surface area contributed by atoms with Gasteiger partial charge < -0.3 is 5.32 Å². The summed E-state index contributed by atoms with van der Waals surface area (Å²) in [5, 5.41) is 5.47. The molecule has 2 aromatic rings. The lowest BCUT2D eigenvalue weighted by atomic mass is 10.0. The van der Waals surface area contributed by atoms with Crippen LogP contribution in [0, 0.1) is 5.82 Å². The number of rotatable bonds is 5. The minimum atomic E-state index is -0.159. The largest absolute Gasteiger partial charge is 0.309 e. The second-order valence-electron chi connectivity index (χ2n) is 4.22. The second kappa shape index (κ2) is 6.97. The van der Waals surface area contributed by atoms with Crippen molar-refractivity contribution in [1.82, 2.24) is 5.32 Å². The minimum absolute atomic E-state index is 0.150. The zero-order valence-corrected chi connectivity index (χ0v) is 14.4. The van der Waals surface area contributed by atoms with E-state index in [9.17, 15) is 4.39 Å². The first-order valence-electron chi connectivity index (χ1n) is 6.01. The van der Waals surface area contributed by atoms with Gasteiger partial charge in [0.15, 0.2) is 0 Å². The van der Waals surface area contributed by atoms with Gasteiger partial charge in [-0.15, -0.1) is 11.3 Å². The van der Waals surface area contributed by atoms with Crippen LogP contribution in [-0.2, 0) is 6.42 Å². The van der Waals surface area contributed by atoms with Gasteiger partial charge in [0.25, 0.3) is 0 Å². The third-order valence-electron chi connectivity index (χ3n) is 2.82. The molecule has 5 heteroatoms. The fraction of sp³-hybridized carbons (Fsp3) is 0.286. The van der Waals surface area contributed by atoms with Crippen molar-refractivity contribution in [2.45, 2.75) is 19.4 Å². The monoisotopic (exact) mass is 405 g/mol. The van der Waals surface area contributed by atoms with Crippen molar-refractivity contribution in [3.63, 3.8) is 0 Å². The van der Waals surface area contributed by atoms with Crippen molar-refractivity contribution in [1.29, 1.82) is 0 Å². The Morgan fingerprint density at radius 2 is 2.05 bits per heavy atom. The van der Waals surface area contributed by atoms with E-state index in [2.05, 4.69) is 55.5 Å². The molecular weight excluding hydrogens is 393 g/mol. The summed E-state index contributed by atoms with van der Waals surface area (Å²) in [5.74, 6) is -0.159. The molecule has 2 rings (SSSR count). The Bertz CT molecular complexity index is 556. The highest BCUT2D eigenvalue weighted by Crippen LogP contribution is 2.29. The average molecular weight is 407 g/mol. The molecule has 102 valence electrons. The van der Waals surface area contributed by atoms with Crippen LogP contribution in [0.3, 0.4) is 0 Å². The SMILES string of the molecule is CCNC(Cc1ccc(Br)cc1F)c1cc(Br)cs1. The van der Waals surface area contributed by atoms with E-state index < -0.39 is 0 Å². The first kappa shape index (κ1) is 15.2. The van der Waals surface area contributed by atoms with Crippen LogP contribution in [0.2, 0.25) is 0 Å². The van der Waals surface area contributed by atoms with Crippen molar-refractivity contribution in [3.8, 4) is 0 Å². The van der Waals surface area contributed by atoms with E-state index >= 15 is 0 Å². The molecule has 0 aliphatic rings. The first-order valence-corrected chi connectivity index (χ1v) is 8.48. The van der Waals surface area contributed by atoms with E-state index in [1.54, 1.807) is 11.3 Å². The third-order valence-corrected chi connectivity index (χ3v) is 5.12. The molecule has 19 heavy (non-hydrogen) atoms. The molecule has 0 saturated heterocycles. The Balaban J connectivity index is 2.21. The van der Waals surface area contributed by atoms with E-state index in [1.165, 1.54) is 10.9 Å². The number of likely N-dealkylation sites (N-methyl/N-ethyl adjacent to an activating group) is 1. The van der Waals surface area contributed by atoms with E-state index in [-0.39, 0.29) is 11.9 Å². The number of thiophene rings is 1. The molecule has 1 N–H and O–H groups in total. The molecule has 1 aromatic carbocycles. The lowest BCUT2D eigenvalue weighted by Crippen LogP contribution is -2.22. The van der Waals surface area contributed by atoms with Crippen molar-refractivity contribution < 1.29 is 4.39 Å². The van der Waals surface area contributed by atoms with E-state index in [0.717, 1.165) is 21.1 Å². The van der Waals surface area contributed by atoms with Crippen LogP contribution in [0.4, 0.5) is 4.39 Å². The summed E-state index contributed by atoms with van der Waals surface area (Å²) in [6, 6.07) is 7.48. The second-order valence-corrected chi connectivity index (χ2v) is 6.99. The van der Waals surface area contributed by atoms with Gasteiger partial charge in [-0.05, 0) is 52.7 Å². The summed E-state index contributed by atoms with van der Waals surface area (Å²) in [6.07, 6.45) is 0.653. The van der Waals surface area contributed by atoms with Gasteiger partial charge in [-0.2, -0.15) is 0 Å². The number of hydrogen-bond acceptors (Lipinski definition) is 2. The van der Waals surface area contributed by atoms with E-state index in [4.69, 9.17) is 0 Å². The maximum Gasteiger partial charge on any atom is 0.127 e. The summed E-state index contributed by atoms with van der Waals surface area (Å²) >= 11 is 8.43. The van der Waals surface area contributed by atoms with Crippen LogP contribution in [0.5, 0.6) is 0 Å². The third kappa shape index (κ3) is 4.12. The summed E-state index contributed by atoms with van der Waals surface area (Å²) in [7, 11) is 0. The molecule has 0 radical (unpaired) electrons. The van der Waals surface area contributed by atoms with Gasteiger partial charge in [0, 0.05) is 25.2 Å². The number of hydrogen-bond donors (Lipinski definition) is 1. The number of halogens is 3. The summed E-state index contributed by atoms with van der Waals surface area (Å²) in [4.78, 5) is 1.22. The standard InChI is InChI=1S/C14H14Br2FNS/c1-2-18-13(14-7-11(16)8-19-14)5-9-3-4-10(15)6-12(9)17/h3-4,6-8,13,18H,2,5H2,1H3. The van der Waals surface area contributed by atoms with Gasteiger partial charge in [-0.3, -0.25) is 0 Å². The first-order chi connectivity index (χ1) is 9.10. The molecular formula is C14H14Br2FNS. The molecule has 0 fully saturated rings. The van der Waals surface area contributed by atoms with Crippen molar-refractivity contribution in [3.05, 3.63) is 54.8 Å². The molecule has 1 aromatic heterocycles. The lowest BCUT2D eigenvalue weighted by molar-refractivity contribution is 0.534. The van der Waals surface area contributed by atoms with Crippen LogP contribution >= 0.6 is 43.2 Å². The maximum atomic E-state index is 13.9. The van der Waals surface area contributed by atoms with Crippen molar-refractivity contribution in [2.24, 2.45) is 0 Å². The quantitative estimate of drug-likeness (QED) is 0.709. The molecule has 1 unspecified atom stereocenters. The zero-order valence-electron chi connectivity index (χ0n) is 10.4. The molecule has 1 heterocycles. The van der Waals surface area contributed by atoms with Crippen LogP contribution in [0.25, 0.3) is 0 Å². The number of benzene rings is 1. The topological polar surface area (TPSA) is 12.0 Å². The van der Waals surface area contributed by atoms with Crippen LogP contribution in [-0.4, -0.2) is 6.54 Å². The predicted octanol–water partition coefficient (Wildman–Crippen LogP) is 5.31.